The molecule has 1 rings (SSSR count). The first kappa shape index (κ1) is 9.99. The SMILES string of the molecule is CC=C1CN(C)C(C(=O)O)C1=CC. The van der Waals surface area contributed by atoms with Crippen molar-refractivity contribution in [2.24, 2.45) is 0 Å². The summed E-state index contributed by atoms with van der Waals surface area (Å²) >= 11 is 0. The fourth-order valence-corrected chi connectivity index (χ4v) is 1.79. The van der Waals surface area contributed by atoms with Gasteiger partial charge in [0.05, 0.1) is 0 Å². The maximum absolute atomic E-state index is 10.9. The molecule has 0 aromatic rings. The summed E-state index contributed by atoms with van der Waals surface area (Å²) in [5.74, 6) is -0.771. The minimum absolute atomic E-state index is 0.462. The van der Waals surface area contributed by atoms with Crippen LogP contribution in [0.3, 0.4) is 0 Å². The first-order valence-corrected chi connectivity index (χ1v) is 4.36. The number of aliphatic carboxylic acids is 1. The molecule has 0 aromatic carbocycles. The van der Waals surface area contributed by atoms with Crippen molar-refractivity contribution in [1.82, 2.24) is 4.90 Å². The minimum Gasteiger partial charge on any atom is -0.480 e. The van der Waals surface area contributed by atoms with Crippen LogP contribution in [0, 0.1) is 0 Å². The van der Waals surface area contributed by atoms with Crippen LogP contribution in [0.4, 0.5) is 0 Å². The highest BCUT2D eigenvalue weighted by Gasteiger charge is 2.34. The molecule has 3 nitrogen and oxygen atoms in total. The summed E-state index contributed by atoms with van der Waals surface area (Å²) in [7, 11) is 1.83. The Balaban J connectivity index is 3.04. The largest absolute Gasteiger partial charge is 0.480 e. The summed E-state index contributed by atoms with van der Waals surface area (Å²) in [6.45, 7) is 4.55. The van der Waals surface area contributed by atoms with Gasteiger partial charge >= 0.3 is 5.97 Å². The molecule has 1 saturated heterocycles. The topological polar surface area (TPSA) is 40.5 Å². The molecule has 0 amide bonds. The predicted octanol–water partition coefficient (Wildman–Crippen LogP) is 1.28. The van der Waals surface area contributed by atoms with E-state index in [1.165, 1.54) is 0 Å². The number of rotatable bonds is 1. The first-order valence-electron chi connectivity index (χ1n) is 4.36. The van der Waals surface area contributed by atoms with Crippen LogP contribution in [0.2, 0.25) is 0 Å². The number of carbonyl (C=O) groups is 1. The Hall–Kier alpha value is -1.09. The number of allylic oxidation sites excluding steroid dienone is 2. The molecular formula is C10H15NO2. The molecule has 1 fully saturated rings. The van der Waals surface area contributed by atoms with Crippen LogP contribution in [0.15, 0.2) is 23.3 Å². The predicted molar refractivity (Wildman–Crippen MR) is 51.6 cm³/mol. The van der Waals surface area contributed by atoms with Gasteiger partial charge < -0.3 is 5.11 Å². The van der Waals surface area contributed by atoms with E-state index >= 15 is 0 Å². The molecule has 13 heavy (non-hydrogen) atoms. The van der Waals surface area contributed by atoms with Gasteiger partial charge in [-0.15, -0.1) is 0 Å². The summed E-state index contributed by atoms with van der Waals surface area (Å²) in [6.07, 6.45) is 3.87. The Bertz CT molecular complexity index is 279. The summed E-state index contributed by atoms with van der Waals surface area (Å²) in [5, 5.41) is 8.99. The van der Waals surface area contributed by atoms with Crippen LogP contribution in [0.5, 0.6) is 0 Å². The van der Waals surface area contributed by atoms with Crippen LogP contribution in [-0.4, -0.2) is 35.6 Å². The van der Waals surface area contributed by atoms with Crippen LogP contribution in [-0.2, 0) is 4.79 Å². The summed E-state index contributed by atoms with van der Waals surface area (Å²) in [5.41, 5.74) is 2.05. The van der Waals surface area contributed by atoms with Gasteiger partial charge in [0.2, 0.25) is 0 Å². The van der Waals surface area contributed by atoms with E-state index in [9.17, 15) is 4.79 Å². The third kappa shape index (κ3) is 1.65. The van der Waals surface area contributed by atoms with Crippen LogP contribution >= 0.6 is 0 Å². The van der Waals surface area contributed by atoms with Crippen molar-refractivity contribution in [1.29, 1.82) is 0 Å². The minimum atomic E-state index is -0.771. The normalized spacial score (nSPS) is 30.2. The molecule has 0 spiro atoms. The lowest BCUT2D eigenvalue weighted by molar-refractivity contribution is -0.140. The number of hydrogen-bond acceptors (Lipinski definition) is 2. The van der Waals surface area contributed by atoms with Gasteiger partial charge in [-0.2, -0.15) is 0 Å². The quantitative estimate of drug-likeness (QED) is 0.662. The molecule has 1 atom stereocenters. The Morgan fingerprint density at radius 3 is 2.54 bits per heavy atom. The second-order valence-corrected chi connectivity index (χ2v) is 3.21. The smallest absolute Gasteiger partial charge is 0.325 e. The maximum atomic E-state index is 10.9. The van der Waals surface area contributed by atoms with Crippen molar-refractivity contribution in [3.63, 3.8) is 0 Å². The van der Waals surface area contributed by atoms with Gasteiger partial charge in [0.25, 0.3) is 0 Å². The molecule has 1 heterocycles. The average molecular weight is 181 g/mol. The third-order valence-corrected chi connectivity index (χ3v) is 2.42. The van der Waals surface area contributed by atoms with E-state index in [-0.39, 0.29) is 0 Å². The van der Waals surface area contributed by atoms with Crippen molar-refractivity contribution in [3.8, 4) is 0 Å². The summed E-state index contributed by atoms with van der Waals surface area (Å²) in [4.78, 5) is 12.8. The molecule has 0 saturated carbocycles. The molecule has 0 aromatic heterocycles. The molecule has 0 radical (unpaired) electrons. The average Bonchev–Trinajstić information content (AvgIpc) is 2.41. The van der Waals surface area contributed by atoms with Gasteiger partial charge in [0, 0.05) is 6.54 Å². The van der Waals surface area contributed by atoms with E-state index in [1.54, 1.807) is 0 Å². The van der Waals surface area contributed by atoms with Gasteiger partial charge in [-0.05, 0) is 32.0 Å². The van der Waals surface area contributed by atoms with Crippen molar-refractivity contribution >= 4 is 5.97 Å². The Morgan fingerprint density at radius 2 is 2.15 bits per heavy atom. The Labute approximate surface area is 78.4 Å². The number of carboxylic acid groups (broad SMARTS) is 1. The van der Waals surface area contributed by atoms with E-state index in [4.69, 9.17) is 5.11 Å². The van der Waals surface area contributed by atoms with E-state index < -0.39 is 12.0 Å². The lowest BCUT2D eigenvalue weighted by atomic mass is 10.0. The molecule has 0 aliphatic carbocycles. The lowest BCUT2D eigenvalue weighted by Crippen LogP contribution is -2.33. The van der Waals surface area contributed by atoms with Gasteiger partial charge in [-0.3, -0.25) is 9.69 Å². The van der Waals surface area contributed by atoms with Crippen molar-refractivity contribution < 1.29 is 9.90 Å². The fraction of sp³-hybridized carbons (Fsp3) is 0.500. The van der Waals surface area contributed by atoms with Gasteiger partial charge in [0.15, 0.2) is 0 Å². The van der Waals surface area contributed by atoms with Gasteiger partial charge in [0.1, 0.15) is 6.04 Å². The highest BCUT2D eigenvalue weighted by atomic mass is 16.4. The number of hydrogen-bond donors (Lipinski definition) is 1. The standard InChI is InChI=1S/C10H15NO2/c1-4-7-6-11(3)9(10(12)13)8(7)5-2/h4-5,9H,6H2,1-3H3,(H,12,13). The molecule has 72 valence electrons. The monoisotopic (exact) mass is 181 g/mol. The lowest BCUT2D eigenvalue weighted by Gasteiger charge is -2.14. The van der Waals surface area contributed by atoms with E-state index in [0.29, 0.717) is 0 Å². The third-order valence-electron chi connectivity index (χ3n) is 2.42. The Kier molecular flexibility index (Phi) is 2.88. The second kappa shape index (κ2) is 3.75. The first-order chi connectivity index (χ1) is 6.11. The van der Waals surface area contributed by atoms with Gasteiger partial charge in [-0.1, -0.05) is 12.2 Å². The number of carboxylic acids is 1. The van der Waals surface area contributed by atoms with Crippen molar-refractivity contribution in [2.45, 2.75) is 19.9 Å². The second-order valence-electron chi connectivity index (χ2n) is 3.21. The van der Waals surface area contributed by atoms with Gasteiger partial charge in [-0.25, -0.2) is 0 Å². The van der Waals surface area contributed by atoms with Crippen molar-refractivity contribution in [3.05, 3.63) is 23.3 Å². The molecule has 1 unspecified atom stereocenters. The zero-order chi connectivity index (χ0) is 10.0. The zero-order valence-corrected chi connectivity index (χ0v) is 8.24. The van der Waals surface area contributed by atoms with Crippen LogP contribution in [0.1, 0.15) is 13.8 Å². The number of likely N-dealkylation sites (tertiary alicyclic amines) is 1. The maximum Gasteiger partial charge on any atom is 0.325 e. The summed E-state index contributed by atoms with van der Waals surface area (Å²) in [6, 6.07) is -0.462. The summed E-state index contributed by atoms with van der Waals surface area (Å²) < 4.78 is 0. The van der Waals surface area contributed by atoms with Crippen molar-refractivity contribution in [2.75, 3.05) is 13.6 Å². The Morgan fingerprint density at radius 1 is 1.54 bits per heavy atom. The van der Waals surface area contributed by atoms with Crippen LogP contribution < -0.4 is 0 Å². The molecular weight excluding hydrogens is 166 g/mol. The van der Waals surface area contributed by atoms with Crippen LogP contribution in [0.25, 0.3) is 0 Å². The number of likely N-dealkylation sites (N-methyl/N-ethyl adjacent to an activating group) is 1. The molecule has 1 aliphatic heterocycles. The van der Waals surface area contributed by atoms with E-state index in [0.717, 1.165) is 17.7 Å². The molecule has 1 N–H and O–H groups in total. The molecule has 0 bridgehead atoms. The van der Waals surface area contributed by atoms with E-state index in [1.807, 2.05) is 37.9 Å². The zero-order valence-electron chi connectivity index (χ0n) is 8.24. The highest BCUT2D eigenvalue weighted by Crippen LogP contribution is 2.27. The highest BCUT2D eigenvalue weighted by molar-refractivity contribution is 5.80. The molecule has 3 heteroatoms. The van der Waals surface area contributed by atoms with E-state index in [2.05, 4.69) is 0 Å². The molecule has 1 aliphatic rings. The number of nitrogens with zero attached hydrogens (tertiary/aromatic N) is 1. The fourth-order valence-electron chi connectivity index (χ4n) is 1.79.